The van der Waals surface area contributed by atoms with E-state index in [0.29, 0.717) is 0 Å². The van der Waals surface area contributed by atoms with Crippen molar-refractivity contribution in [1.82, 2.24) is 0 Å². The first-order valence-corrected chi connectivity index (χ1v) is 20.5. The average molecular weight is 444 g/mol. The molecular weight excluding hydrogens is 406 g/mol. The standard InChI is InChI=1S/2C9H19.2ClH.Sn/c2*1-4-5-6-7-8-9(2)3;;;/h2*9H,1,4-8H2,2-3H3;2*1H;/q;;;;+2/p-2. The van der Waals surface area contributed by atoms with E-state index in [1.807, 2.05) is 0 Å². The van der Waals surface area contributed by atoms with Crippen LogP contribution in [-0.4, -0.2) is 16.1 Å². The molecule has 3 heteroatoms. The van der Waals surface area contributed by atoms with Crippen molar-refractivity contribution in [2.75, 3.05) is 0 Å². The molecule has 0 aromatic rings. The summed E-state index contributed by atoms with van der Waals surface area (Å²) in [5.41, 5.74) is 0. The molecule has 0 fully saturated rings. The molecule has 21 heavy (non-hydrogen) atoms. The zero-order valence-corrected chi connectivity index (χ0v) is 19.3. The van der Waals surface area contributed by atoms with Gasteiger partial charge in [-0.15, -0.1) is 0 Å². The molecule has 0 aromatic heterocycles. The van der Waals surface area contributed by atoms with Gasteiger partial charge in [0.25, 0.3) is 0 Å². The zero-order chi connectivity index (χ0) is 16.1. The number of rotatable bonds is 14. The summed E-state index contributed by atoms with van der Waals surface area (Å²) in [5.74, 6) is 1.69. The normalized spacial score (nSPS) is 12.6. The maximum atomic E-state index is 6.64. The fraction of sp³-hybridized carbons (Fsp3) is 1.00. The Bertz CT molecular complexity index is 205. The number of hydrogen-bond donors (Lipinski definition) is 0. The van der Waals surface area contributed by atoms with Gasteiger partial charge in [0.2, 0.25) is 0 Å². The van der Waals surface area contributed by atoms with E-state index in [2.05, 4.69) is 27.7 Å². The van der Waals surface area contributed by atoms with Crippen molar-refractivity contribution >= 4 is 34.0 Å². The Morgan fingerprint density at radius 3 is 1.24 bits per heavy atom. The summed E-state index contributed by atoms with van der Waals surface area (Å²) < 4.78 is 2.34. The van der Waals surface area contributed by atoms with Crippen LogP contribution in [0.5, 0.6) is 0 Å². The fourth-order valence-corrected chi connectivity index (χ4v) is 11.4. The van der Waals surface area contributed by atoms with E-state index >= 15 is 0 Å². The molecule has 0 radical (unpaired) electrons. The van der Waals surface area contributed by atoms with Crippen LogP contribution in [0.2, 0.25) is 8.87 Å². The van der Waals surface area contributed by atoms with Crippen LogP contribution in [0.25, 0.3) is 0 Å². The molecule has 0 aliphatic heterocycles. The van der Waals surface area contributed by atoms with Crippen LogP contribution in [0.4, 0.5) is 0 Å². The van der Waals surface area contributed by atoms with Crippen LogP contribution in [0.3, 0.4) is 0 Å². The second-order valence-electron chi connectivity index (χ2n) is 7.55. The van der Waals surface area contributed by atoms with Crippen molar-refractivity contribution in [3.8, 4) is 0 Å². The van der Waals surface area contributed by atoms with Gasteiger partial charge in [0.1, 0.15) is 0 Å². The van der Waals surface area contributed by atoms with E-state index in [1.54, 1.807) is 0 Å². The molecule has 0 aliphatic rings. The summed E-state index contributed by atoms with van der Waals surface area (Å²) in [4.78, 5) is 0. The van der Waals surface area contributed by atoms with Crippen molar-refractivity contribution in [1.29, 1.82) is 0 Å². The molecular formula is C18H38Cl2Sn. The number of hydrogen-bond acceptors (Lipinski definition) is 0. The van der Waals surface area contributed by atoms with Crippen LogP contribution in [-0.2, 0) is 0 Å². The molecule has 0 saturated heterocycles. The Hall–Kier alpha value is 1.38. The molecule has 0 aliphatic carbocycles. The summed E-state index contributed by atoms with van der Waals surface area (Å²) >= 11 is -2.66. The van der Waals surface area contributed by atoms with Crippen LogP contribution >= 0.6 is 17.8 Å². The summed E-state index contributed by atoms with van der Waals surface area (Å²) in [6, 6.07) is 0. The van der Waals surface area contributed by atoms with E-state index < -0.39 is 16.1 Å². The second-order valence-corrected chi connectivity index (χ2v) is 26.3. The monoisotopic (exact) mass is 444 g/mol. The molecule has 0 saturated carbocycles. The van der Waals surface area contributed by atoms with Crippen molar-refractivity contribution in [3.63, 3.8) is 0 Å². The van der Waals surface area contributed by atoms with Gasteiger partial charge in [-0.25, -0.2) is 0 Å². The van der Waals surface area contributed by atoms with E-state index in [9.17, 15) is 0 Å². The second kappa shape index (κ2) is 13.8. The van der Waals surface area contributed by atoms with Crippen LogP contribution in [0.15, 0.2) is 0 Å². The molecule has 128 valence electrons. The molecule has 0 amide bonds. The average Bonchev–Trinajstić information content (AvgIpc) is 2.37. The Balaban J connectivity index is 3.43. The van der Waals surface area contributed by atoms with Crippen molar-refractivity contribution in [3.05, 3.63) is 0 Å². The third-order valence-corrected chi connectivity index (χ3v) is 15.4. The quantitative estimate of drug-likeness (QED) is 0.188. The topological polar surface area (TPSA) is 0 Å². The predicted molar refractivity (Wildman–Crippen MR) is 103 cm³/mol. The zero-order valence-electron chi connectivity index (χ0n) is 14.9. The molecule has 0 aromatic carbocycles. The van der Waals surface area contributed by atoms with Gasteiger partial charge in [0.15, 0.2) is 0 Å². The maximum absolute atomic E-state index is 6.64. The molecule has 0 heterocycles. The van der Waals surface area contributed by atoms with Crippen molar-refractivity contribution in [2.45, 2.75) is 101 Å². The van der Waals surface area contributed by atoms with E-state index in [1.165, 1.54) is 73.1 Å². The molecule has 0 unspecified atom stereocenters. The van der Waals surface area contributed by atoms with E-state index in [0.717, 1.165) is 11.8 Å². The Kier molecular flexibility index (Phi) is 14.7. The van der Waals surface area contributed by atoms with Gasteiger partial charge < -0.3 is 0 Å². The van der Waals surface area contributed by atoms with Gasteiger partial charge in [0.05, 0.1) is 0 Å². The van der Waals surface area contributed by atoms with Gasteiger partial charge in [0, 0.05) is 0 Å². The summed E-state index contributed by atoms with van der Waals surface area (Å²) in [6.07, 6.45) is 13.4. The predicted octanol–water partition coefficient (Wildman–Crippen LogP) is 8.12. The minimum absolute atomic E-state index is 0.847. The van der Waals surface area contributed by atoms with Crippen LogP contribution in [0, 0.1) is 11.8 Å². The first-order valence-electron chi connectivity index (χ1n) is 9.21. The molecule has 0 N–H and O–H groups in total. The Morgan fingerprint density at radius 2 is 0.905 bits per heavy atom. The van der Waals surface area contributed by atoms with Crippen molar-refractivity contribution in [2.24, 2.45) is 11.8 Å². The third-order valence-electron chi connectivity index (χ3n) is 4.15. The summed E-state index contributed by atoms with van der Waals surface area (Å²) in [7, 11) is 13.3. The Morgan fingerprint density at radius 1 is 0.571 bits per heavy atom. The Labute approximate surface area is 146 Å². The van der Waals surface area contributed by atoms with Gasteiger partial charge in [-0.3, -0.25) is 0 Å². The molecule has 0 spiro atoms. The third kappa shape index (κ3) is 17.6. The summed E-state index contributed by atoms with van der Waals surface area (Å²) in [6.45, 7) is 9.22. The molecule has 0 nitrogen and oxygen atoms in total. The van der Waals surface area contributed by atoms with Gasteiger partial charge in [-0.2, -0.15) is 0 Å². The van der Waals surface area contributed by atoms with Gasteiger partial charge in [-0.1, -0.05) is 0 Å². The van der Waals surface area contributed by atoms with E-state index in [4.69, 9.17) is 17.8 Å². The van der Waals surface area contributed by atoms with Crippen molar-refractivity contribution < 1.29 is 0 Å². The van der Waals surface area contributed by atoms with Gasteiger partial charge >= 0.3 is 147 Å². The first-order chi connectivity index (χ1) is 9.83. The minimum atomic E-state index is -2.66. The van der Waals surface area contributed by atoms with Crippen LogP contribution < -0.4 is 0 Å². The molecule has 0 atom stereocenters. The van der Waals surface area contributed by atoms with E-state index in [-0.39, 0.29) is 0 Å². The fourth-order valence-electron chi connectivity index (χ4n) is 2.70. The van der Waals surface area contributed by atoms with Crippen LogP contribution in [0.1, 0.15) is 91.9 Å². The van der Waals surface area contributed by atoms with Gasteiger partial charge in [-0.05, 0) is 0 Å². The number of unbranched alkanes of at least 4 members (excludes halogenated alkanes) is 6. The SMILES string of the molecule is CC(C)CCCCC[CH2][Sn]([Cl])([Cl])[CH2]CCCCCC(C)C. The molecule has 0 rings (SSSR count). The first kappa shape index (κ1) is 22.4. The molecule has 0 bridgehead atoms. The number of halogens is 2. The summed E-state index contributed by atoms with van der Waals surface area (Å²) in [5, 5.41) is 0.